The first-order valence-corrected chi connectivity index (χ1v) is 7.62. The SMILES string of the molecule is Cc1cc(C)c2oc(C3(CN)CCC(C)CC3)nc2c1. The van der Waals surface area contributed by atoms with E-state index in [0.29, 0.717) is 6.54 Å². The molecule has 1 aliphatic carbocycles. The van der Waals surface area contributed by atoms with Gasteiger partial charge in [-0.3, -0.25) is 0 Å². The molecule has 2 N–H and O–H groups in total. The van der Waals surface area contributed by atoms with Gasteiger partial charge in [0.1, 0.15) is 5.52 Å². The monoisotopic (exact) mass is 272 g/mol. The van der Waals surface area contributed by atoms with Crippen molar-refractivity contribution in [3.63, 3.8) is 0 Å². The molecule has 0 unspecified atom stereocenters. The van der Waals surface area contributed by atoms with E-state index in [1.54, 1.807) is 0 Å². The zero-order valence-electron chi connectivity index (χ0n) is 12.7. The van der Waals surface area contributed by atoms with E-state index in [0.717, 1.165) is 41.3 Å². The summed E-state index contributed by atoms with van der Waals surface area (Å²) in [6, 6.07) is 4.25. The highest BCUT2D eigenvalue weighted by atomic mass is 16.3. The lowest BCUT2D eigenvalue weighted by molar-refractivity contribution is 0.210. The largest absolute Gasteiger partial charge is 0.440 e. The van der Waals surface area contributed by atoms with Crippen LogP contribution in [-0.4, -0.2) is 11.5 Å². The molecule has 0 amide bonds. The molecule has 1 aliphatic rings. The van der Waals surface area contributed by atoms with Crippen molar-refractivity contribution in [1.29, 1.82) is 0 Å². The van der Waals surface area contributed by atoms with Gasteiger partial charge in [-0.05, 0) is 62.6 Å². The highest BCUT2D eigenvalue weighted by Crippen LogP contribution is 2.41. The summed E-state index contributed by atoms with van der Waals surface area (Å²) in [5.74, 6) is 1.65. The lowest BCUT2D eigenvalue weighted by Gasteiger charge is -2.35. The van der Waals surface area contributed by atoms with Crippen molar-refractivity contribution in [2.45, 2.75) is 51.9 Å². The first-order valence-electron chi connectivity index (χ1n) is 7.62. The zero-order chi connectivity index (χ0) is 14.3. The molecule has 3 nitrogen and oxygen atoms in total. The fourth-order valence-electron chi connectivity index (χ4n) is 3.42. The van der Waals surface area contributed by atoms with E-state index in [9.17, 15) is 0 Å². The van der Waals surface area contributed by atoms with Gasteiger partial charge in [0.2, 0.25) is 5.89 Å². The minimum Gasteiger partial charge on any atom is -0.440 e. The van der Waals surface area contributed by atoms with E-state index in [2.05, 4.69) is 32.9 Å². The number of hydrogen-bond acceptors (Lipinski definition) is 3. The second-order valence-corrected chi connectivity index (χ2v) is 6.62. The maximum absolute atomic E-state index is 6.13. The predicted molar refractivity (Wildman–Crippen MR) is 81.8 cm³/mol. The molecule has 0 bridgehead atoms. The standard InChI is InChI=1S/C17H24N2O/c1-11-4-6-17(10-18,7-5-11)16-19-14-9-12(2)8-13(3)15(14)20-16/h8-9,11H,4-7,10,18H2,1-3H3. The van der Waals surface area contributed by atoms with E-state index in [1.807, 2.05) is 0 Å². The summed E-state index contributed by atoms with van der Waals surface area (Å²) >= 11 is 0. The molecule has 2 aromatic rings. The molecule has 1 aromatic heterocycles. The lowest BCUT2D eigenvalue weighted by Crippen LogP contribution is -2.38. The summed E-state index contributed by atoms with van der Waals surface area (Å²) in [5.41, 5.74) is 10.4. The maximum Gasteiger partial charge on any atom is 0.202 e. The average Bonchev–Trinajstić information content (AvgIpc) is 2.85. The summed E-state index contributed by atoms with van der Waals surface area (Å²) < 4.78 is 6.13. The third kappa shape index (κ3) is 2.14. The van der Waals surface area contributed by atoms with Crippen molar-refractivity contribution in [3.8, 4) is 0 Å². The number of nitrogens with zero attached hydrogens (tertiary/aromatic N) is 1. The molecule has 1 heterocycles. The Morgan fingerprint density at radius 1 is 1.30 bits per heavy atom. The zero-order valence-corrected chi connectivity index (χ0v) is 12.7. The van der Waals surface area contributed by atoms with Crippen LogP contribution >= 0.6 is 0 Å². The van der Waals surface area contributed by atoms with Crippen LogP contribution < -0.4 is 5.73 Å². The first kappa shape index (κ1) is 13.6. The second-order valence-electron chi connectivity index (χ2n) is 6.62. The van der Waals surface area contributed by atoms with Crippen molar-refractivity contribution in [3.05, 3.63) is 29.2 Å². The molecule has 108 valence electrons. The highest BCUT2D eigenvalue weighted by molar-refractivity contribution is 5.77. The van der Waals surface area contributed by atoms with E-state index in [-0.39, 0.29) is 5.41 Å². The molecule has 1 fully saturated rings. The average molecular weight is 272 g/mol. The van der Waals surface area contributed by atoms with Crippen molar-refractivity contribution in [2.24, 2.45) is 11.7 Å². The summed E-state index contributed by atoms with van der Waals surface area (Å²) in [6.07, 6.45) is 4.62. The van der Waals surface area contributed by atoms with Gasteiger partial charge in [0, 0.05) is 6.54 Å². The summed E-state index contributed by atoms with van der Waals surface area (Å²) in [5, 5.41) is 0. The number of benzene rings is 1. The van der Waals surface area contributed by atoms with E-state index >= 15 is 0 Å². The lowest BCUT2D eigenvalue weighted by atomic mass is 9.71. The molecule has 20 heavy (non-hydrogen) atoms. The van der Waals surface area contributed by atoms with Crippen molar-refractivity contribution < 1.29 is 4.42 Å². The number of aromatic nitrogens is 1. The first-order chi connectivity index (χ1) is 9.54. The number of hydrogen-bond donors (Lipinski definition) is 1. The number of aryl methyl sites for hydroxylation is 2. The molecule has 3 heteroatoms. The predicted octanol–water partition coefficient (Wildman–Crippen LogP) is 3.85. The summed E-state index contributed by atoms with van der Waals surface area (Å²) in [4.78, 5) is 4.78. The minimum atomic E-state index is -0.0497. The number of nitrogens with two attached hydrogens (primary N) is 1. The number of oxazole rings is 1. The molecule has 3 rings (SSSR count). The molecule has 0 atom stereocenters. The van der Waals surface area contributed by atoms with E-state index < -0.39 is 0 Å². The Morgan fingerprint density at radius 2 is 2.00 bits per heavy atom. The van der Waals surface area contributed by atoms with Crippen LogP contribution in [-0.2, 0) is 5.41 Å². The van der Waals surface area contributed by atoms with Crippen LogP contribution in [0.2, 0.25) is 0 Å². The summed E-state index contributed by atoms with van der Waals surface area (Å²) in [7, 11) is 0. The second kappa shape index (κ2) is 4.88. The normalized spacial score (nSPS) is 27.1. The van der Waals surface area contributed by atoms with Gasteiger partial charge >= 0.3 is 0 Å². The van der Waals surface area contributed by atoms with Crippen LogP contribution in [0.15, 0.2) is 16.5 Å². The highest BCUT2D eigenvalue weighted by Gasteiger charge is 2.39. The Kier molecular flexibility index (Phi) is 3.33. The summed E-state index contributed by atoms with van der Waals surface area (Å²) in [6.45, 7) is 7.13. The fraction of sp³-hybridized carbons (Fsp3) is 0.588. The van der Waals surface area contributed by atoms with Gasteiger partial charge in [-0.25, -0.2) is 4.98 Å². The van der Waals surface area contributed by atoms with Gasteiger partial charge in [-0.1, -0.05) is 13.0 Å². The van der Waals surface area contributed by atoms with Crippen LogP contribution in [0.5, 0.6) is 0 Å². The smallest absolute Gasteiger partial charge is 0.202 e. The minimum absolute atomic E-state index is 0.0497. The van der Waals surface area contributed by atoms with Crippen LogP contribution in [0, 0.1) is 19.8 Å². The molecule has 1 saturated carbocycles. The van der Waals surface area contributed by atoms with Crippen molar-refractivity contribution >= 4 is 11.1 Å². The molecule has 1 aromatic carbocycles. The fourth-order valence-corrected chi connectivity index (χ4v) is 3.42. The molecular weight excluding hydrogens is 248 g/mol. The number of fused-ring (bicyclic) bond motifs is 1. The van der Waals surface area contributed by atoms with Crippen molar-refractivity contribution in [1.82, 2.24) is 4.98 Å². The molecular formula is C17H24N2O. The molecule has 0 aliphatic heterocycles. The quantitative estimate of drug-likeness (QED) is 0.903. The Hall–Kier alpha value is -1.35. The van der Waals surface area contributed by atoms with E-state index in [4.69, 9.17) is 15.1 Å². The maximum atomic E-state index is 6.13. The van der Waals surface area contributed by atoms with Gasteiger partial charge < -0.3 is 10.2 Å². The van der Waals surface area contributed by atoms with Gasteiger partial charge in [-0.15, -0.1) is 0 Å². The topological polar surface area (TPSA) is 52.0 Å². The third-order valence-corrected chi connectivity index (χ3v) is 4.90. The van der Waals surface area contributed by atoms with Gasteiger partial charge in [-0.2, -0.15) is 0 Å². The molecule has 0 spiro atoms. The van der Waals surface area contributed by atoms with Crippen LogP contribution in [0.25, 0.3) is 11.1 Å². The Bertz CT molecular complexity index is 621. The Labute approximate surface area is 120 Å². The number of rotatable bonds is 2. The van der Waals surface area contributed by atoms with Crippen LogP contribution in [0.4, 0.5) is 0 Å². The molecule has 0 saturated heterocycles. The van der Waals surface area contributed by atoms with Crippen LogP contribution in [0.3, 0.4) is 0 Å². The van der Waals surface area contributed by atoms with Gasteiger partial charge in [0.15, 0.2) is 5.58 Å². The Balaban J connectivity index is 2.06. The van der Waals surface area contributed by atoms with E-state index in [1.165, 1.54) is 18.4 Å². The molecule has 0 radical (unpaired) electrons. The van der Waals surface area contributed by atoms with Crippen LogP contribution in [0.1, 0.15) is 49.6 Å². The van der Waals surface area contributed by atoms with Crippen molar-refractivity contribution in [2.75, 3.05) is 6.54 Å². The van der Waals surface area contributed by atoms with Gasteiger partial charge in [0.25, 0.3) is 0 Å². The third-order valence-electron chi connectivity index (χ3n) is 4.90. The Morgan fingerprint density at radius 3 is 2.65 bits per heavy atom. The van der Waals surface area contributed by atoms with Gasteiger partial charge in [0.05, 0.1) is 5.41 Å².